The zero-order valence-electron chi connectivity index (χ0n) is 12.4. The van der Waals surface area contributed by atoms with E-state index in [-0.39, 0.29) is 11.4 Å². The van der Waals surface area contributed by atoms with Gasteiger partial charge in [-0.15, -0.1) is 0 Å². The lowest BCUT2D eigenvalue weighted by Gasteiger charge is -2.47. The van der Waals surface area contributed by atoms with E-state index < -0.39 is 11.4 Å². The van der Waals surface area contributed by atoms with E-state index in [9.17, 15) is 10.2 Å². The molecule has 0 saturated carbocycles. The minimum atomic E-state index is -0.848. The van der Waals surface area contributed by atoms with Crippen LogP contribution in [-0.4, -0.2) is 51.9 Å². The molecule has 20 heavy (non-hydrogen) atoms. The molecular weight excluding hydrogens is 296 g/mol. The van der Waals surface area contributed by atoms with Gasteiger partial charge >= 0.3 is 0 Å². The van der Waals surface area contributed by atoms with Gasteiger partial charge in [0.15, 0.2) is 5.79 Å². The number of hydrogen-bond donors (Lipinski definition) is 2. The van der Waals surface area contributed by atoms with Crippen LogP contribution in [0, 0.1) is 0 Å². The van der Waals surface area contributed by atoms with Crippen molar-refractivity contribution in [1.82, 2.24) is 0 Å². The summed E-state index contributed by atoms with van der Waals surface area (Å²) in [6.45, 7) is 4.94. The SMILES string of the molecule is CCC(C)(O)C1(CCC2(CO)OCCO2)CCCSS1. The van der Waals surface area contributed by atoms with Gasteiger partial charge in [0.25, 0.3) is 0 Å². The van der Waals surface area contributed by atoms with Crippen LogP contribution in [0.15, 0.2) is 0 Å². The second-order valence-corrected chi connectivity index (χ2v) is 8.70. The molecule has 2 fully saturated rings. The molecular formula is C14H26O4S2. The molecule has 2 aliphatic heterocycles. The van der Waals surface area contributed by atoms with Gasteiger partial charge < -0.3 is 19.7 Å². The van der Waals surface area contributed by atoms with E-state index in [0.717, 1.165) is 31.4 Å². The fraction of sp³-hybridized carbons (Fsp3) is 1.00. The van der Waals surface area contributed by atoms with Gasteiger partial charge in [0.1, 0.15) is 0 Å². The smallest absolute Gasteiger partial charge is 0.191 e. The third kappa shape index (κ3) is 3.31. The Labute approximate surface area is 129 Å². The van der Waals surface area contributed by atoms with Gasteiger partial charge in [-0.1, -0.05) is 28.5 Å². The highest BCUT2D eigenvalue weighted by Crippen LogP contribution is 2.54. The average molecular weight is 322 g/mol. The summed E-state index contributed by atoms with van der Waals surface area (Å²) in [5, 5.41) is 20.4. The van der Waals surface area contributed by atoms with Gasteiger partial charge in [0.2, 0.25) is 0 Å². The zero-order chi connectivity index (χ0) is 14.7. The second-order valence-electron chi connectivity index (χ2n) is 5.90. The Morgan fingerprint density at radius 3 is 2.45 bits per heavy atom. The maximum Gasteiger partial charge on any atom is 0.191 e. The predicted octanol–water partition coefficient (Wildman–Crippen LogP) is 2.58. The van der Waals surface area contributed by atoms with Gasteiger partial charge in [-0.25, -0.2) is 0 Å². The van der Waals surface area contributed by atoms with Crippen molar-refractivity contribution in [2.24, 2.45) is 0 Å². The molecule has 0 aromatic heterocycles. The van der Waals surface area contributed by atoms with E-state index in [0.29, 0.717) is 19.6 Å². The number of rotatable bonds is 6. The van der Waals surface area contributed by atoms with Crippen molar-refractivity contribution in [1.29, 1.82) is 0 Å². The Morgan fingerprint density at radius 1 is 1.25 bits per heavy atom. The molecule has 0 spiro atoms. The average Bonchev–Trinajstić information content (AvgIpc) is 2.95. The summed E-state index contributed by atoms with van der Waals surface area (Å²) in [7, 11) is 3.65. The molecule has 118 valence electrons. The van der Waals surface area contributed by atoms with Crippen LogP contribution in [-0.2, 0) is 9.47 Å². The molecule has 2 unspecified atom stereocenters. The van der Waals surface area contributed by atoms with Crippen molar-refractivity contribution in [3.8, 4) is 0 Å². The first-order valence-corrected chi connectivity index (χ1v) is 9.73. The minimum absolute atomic E-state index is 0.116. The van der Waals surface area contributed by atoms with Crippen LogP contribution in [0.25, 0.3) is 0 Å². The van der Waals surface area contributed by atoms with Crippen molar-refractivity contribution in [2.45, 2.75) is 62.1 Å². The molecule has 0 aromatic carbocycles. The van der Waals surface area contributed by atoms with Crippen LogP contribution >= 0.6 is 21.6 Å². The van der Waals surface area contributed by atoms with Crippen LogP contribution < -0.4 is 0 Å². The molecule has 0 amide bonds. The van der Waals surface area contributed by atoms with Crippen molar-refractivity contribution >= 4 is 21.6 Å². The molecule has 2 saturated heterocycles. The maximum atomic E-state index is 10.9. The highest BCUT2D eigenvalue weighted by atomic mass is 33.1. The highest BCUT2D eigenvalue weighted by molar-refractivity contribution is 8.77. The predicted molar refractivity (Wildman–Crippen MR) is 83.9 cm³/mol. The first-order valence-electron chi connectivity index (χ1n) is 7.41. The molecule has 6 heteroatoms. The van der Waals surface area contributed by atoms with Crippen molar-refractivity contribution < 1.29 is 19.7 Å². The lowest BCUT2D eigenvalue weighted by Crippen LogP contribution is -2.51. The van der Waals surface area contributed by atoms with E-state index in [2.05, 4.69) is 0 Å². The topological polar surface area (TPSA) is 58.9 Å². The molecule has 0 aromatic rings. The van der Waals surface area contributed by atoms with E-state index >= 15 is 0 Å². The molecule has 2 rings (SSSR count). The fourth-order valence-corrected chi connectivity index (χ4v) is 6.56. The third-order valence-electron chi connectivity index (χ3n) is 4.66. The summed E-state index contributed by atoms with van der Waals surface area (Å²) in [4.78, 5) is 0. The van der Waals surface area contributed by atoms with Crippen LogP contribution in [0.4, 0.5) is 0 Å². The summed E-state index contributed by atoms with van der Waals surface area (Å²) in [6.07, 6.45) is 4.29. The number of ether oxygens (including phenoxy) is 2. The highest BCUT2D eigenvalue weighted by Gasteiger charge is 2.49. The standard InChI is InChI=1S/C14H26O4S2/c1-3-12(2,16)13(5-4-10-19-20-13)6-7-14(11-15)17-8-9-18-14/h15-16H,3-11H2,1-2H3. The Balaban J connectivity index is 2.08. The summed E-state index contributed by atoms with van der Waals surface area (Å²) in [6, 6.07) is 0. The number of hydrogen-bond acceptors (Lipinski definition) is 6. The van der Waals surface area contributed by atoms with Crippen molar-refractivity contribution in [3.05, 3.63) is 0 Å². The molecule has 2 N–H and O–H groups in total. The quantitative estimate of drug-likeness (QED) is 0.733. The van der Waals surface area contributed by atoms with Crippen LogP contribution in [0.2, 0.25) is 0 Å². The van der Waals surface area contributed by atoms with Crippen molar-refractivity contribution in [2.75, 3.05) is 25.6 Å². The fourth-order valence-electron chi connectivity index (χ4n) is 2.93. The molecule has 0 aliphatic carbocycles. The van der Waals surface area contributed by atoms with E-state index in [1.807, 2.05) is 35.4 Å². The lowest BCUT2D eigenvalue weighted by molar-refractivity contribution is -0.190. The number of aliphatic hydroxyl groups is 2. The number of aliphatic hydroxyl groups excluding tert-OH is 1. The third-order valence-corrected chi connectivity index (χ3v) is 8.21. The molecule has 2 heterocycles. The van der Waals surface area contributed by atoms with Gasteiger partial charge in [-0.2, -0.15) is 0 Å². The van der Waals surface area contributed by atoms with Crippen LogP contribution in [0.5, 0.6) is 0 Å². The molecule has 4 nitrogen and oxygen atoms in total. The summed E-state index contributed by atoms with van der Waals surface area (Å²) >= 11 is 0. The second kappa shape index (κ2) is 6.75. The Bertz CT molecular complexity index is 310. The van der Waals surface area contributed by atoms with Crippen molar-refractivity contribution in [3.63, 3.8) is 0 Å². The minimum Gasteiger partial charge on any atom is -0.391 e. The summed E-state index contributed by atoms with van der Waals surface area (Å²) in [5.41, 5.74) is -0.708. The normalized spacial score (nSPS) is 33.0. The Morgan fingerprint density at radius 2 is 1.95 bits per heavy atom. The Hall–Kier alpha value is 0.540. The lowest BCUT2D eigenvalue weighted by atomic mass is 9.78. The van der Waals surface area contributed by atoms with E-state index in [1.54, 1.807) is 0 Å². The maximum absolute atomic E-state index is 10.9. The monoisotopic (exact) mass is 322 g/mol. The first-order chi connectivity index (χ1) is 9.49. The largest absolute Gasteiger partial charge is 0.391 e. The molecule has 2 aliphatic rings. The first kappa shape index (κ1) is 16.9. The van der Waals surface area contributed by atoms with Gasteiger partial charge in [0.05, 0.1) is 30.2 Å². The zero-order valence-corrected chi connectivity index (χ0v) is 14.0. The molecule has 0 radical (unpaired) electrons. The van der Waals surface area contributed by atoms with Gasteiger partial charge in [-0.3, -0.25) is 0 Å². The Kier molecular flexibility index (Phi) is 5.71. The molecule has 2 atom stereocenters. The van der Waals surface area contributed by atoms with Gasteiger partial charge in [0, 0.05) is 12.2 Å². The summed E-state index contributed by atoms with van der Waals surface area (Å²) < 4.78 is 11.0. The van der Waals surface area contributed by atoms with Crippen LogP contribution in [0.3, 0.4) is 0 Å². The molecule has 0 bridgehead atoms. The van der Waals surface area contributed by atoms with E-state index in [4.69, 9.17) is 9.47 Å². The van der Waals surface area contributed by atoms with Gasteiger partial charge in [-0.05, 0) is 32.6 Å². The summed E-state index contributed by atoms with van der Waals surface area (Å²) in [5.74, 6) is 0.295. The van der Waals surface area contributed by atoms with E-state index in [1.165, 1.54) is 0 Å². The van der Waals surface area contributed by atoms with Crippen LogP contribution in [0.1, 0.15) is 46.0 Å².